The van der Waals surface area contributed by atoms with Crippen LogP contribution in [0.25, 0.3) is 0 Å². The number of aryl methyl sites for hydroxylation is 3. The van der Waals surface area contributed by atoms with E-state index >= 15 is 0 Å². The van der Waals surface area contributed by atoms with E-state index in [4.69, 9.17) is 0 Å². The topological polar surface area (TPSA) is 20.2 Å². The molecule has 0 fully saturated rings. The summed E-state index contributed by atoms with van der Waals surface area (Å²) in [7, 11) is 0.457. The van der Waals surface area contributed by atoms with Crippen LogP contribution in [0.4, 0.5) is 0 Å². The van der Waals surface area contributed by atoms with E-state index in [-0.39, 0.29) is 5.25 Å². The Morgan fingerprint density at radius 3 is 2.35 bits per heavy atom. The highest BCUT2D eigenvalue weighted by molar-refractivity contribution is 7.80. The molecule has 2 unspecified atom stereocenters. The molecule has 1 nitrogen and oxygen atoms in total. The van der Waals surface area contributed by atoms with Crippen LogP contribution in [-0.4, -0.2) is 5.11 Å². The molecule has 106 valence electrons. The normalized spacial score (nSPS) is 13.1. The molecule has 0 spiro atoms. The van der Waals surface area contributed by atoms with Gasteiger partial charge in [-0.05, 0) is 55.8 Å². The third-order valence-electron chi connectivity index (χ3n) is 3.37. The molecule has 0 saturated heterocycles. The molecule has 2 aromatic rings. The lowest BCUT2D eigenvalue weighted by Gasteiger charge is -2.15. The average Bonchev–Trinajstić information content (AvgIpc) is 2.37. The fourth-order valence-electron chi connectivity index (χ4n) is 2.34. The Morgan fingerprint density at radius 2 is 1.70 bits per heavy atom. The number of aromatic hydroxyl groups is 1. The van der Waals surface area contributed by atoms with Crippen molar-refractivity contribution in [1.29, 1.82) is 0 Å². The summed E-state index contributed by atoms with van der Waals surface area (Å²) in [4.78, 5) is 0. The van der Waals surface area contributed by atoms with Gasteiger partial charge >= 0.3 is 0 Å². The lowest BCUT2D eigenvalue weighted by atomic mass is 10.1. The van der Waals surface area contributed by atoms with Gasteiger partial charge in [-0.25, -0.2) is 0 Å². The Kier molecular flexibility index (Phi) is 4.78. The molecule has 0 amide bonds. The van der Waals surface area contributed by atoms with E-state index in [0.29, 0.717) is 14.3 Å². The summed E-state index contributed by atoms with van der Waals surface area (Å²) in [5, 5.41) is 12.7. The molecule has 0 heterocycles. The first-order valence-electron chi connectivity index (χ1n) is 6.74. The number of rotatable bonds is 3. The van der Waals surface area contributed by atoms with Gasteiger partial charge in [0, 0.05) is 10.6 Å². The first-order chi connectivity index (χ1) is 9.38. The third-order valence-corrected chi connectivity index (χ3v) is 5.02. The number of hydrogen-bond acceptors (Lipinski definition) is 2. The zero-order valence-electron chi connectivity index (χ0n) is 12.4. The standard InChI is InChI=1S/C17H21OPS/c1-10-5-6-15(14(8-10)13(4)20)19-16-9-11(2)7-12(3)17(16)18/h5-9,13,18-20H,1-4H3. The van der Waals surface area contributed by atoms with Crippen LogP contribution in [0.3, 0.4) is 0 Å². The molecule has 20 heavy (non-hydrogen) atoms. The average molecular weight is 304 g/mol. The van der Waals surface area contributed by atoms with Gasteiger partial charge in [0.25, 0.3) is 0 Å². The van der Waals surface area contributed by atoms with Crippen LogP contribution in [0, 0.1) is 20.8 Å². The molecular weight excluding hydrogens is 283 g/mol. The Balaban J connectivity index is 2.45. The molecule has 0 radical (unpaired) electrons. The fraction of sp³-hybridized carbons (Fsp3) is 0.294. The minimum absolute atomic E-state index is 0.199. The molecule has 0 aliphatic rings. The Morgan fingerprint density at radius 1 is 1.00 bits per heavy atom. The van der Waals surface area contributed by atoms with Gasteiger partial charge in [-0.1, -0.05) is 38.4 Å². The zero-order chi connectivity index (χ0) is 14.9. The van der Waals surface area contributed by atoms with Crippen LogP contribution in [0.2, 0.25) is 0 Å². The van der Waals surface area contributed by atoms with Gasteiger partial charge in [-0.2, -0.15) is 12.6 Å². The molecular formula is C17H21OPS. The Hall–Kier alpha value is -0.980. The lowest BCUT2D eigenvalue weighted by molar-refractivity contribution is 0.475. The second kappa shape index (κ2) is 6.20. The molecule has 0 saturated carbocycles. The summed E-state index contributed by atoms with van der Waals surface area (Å²) < 4.78 is 0. The first kappa shape index (κ1) is 15.4. The molecule has 0 aliphatic heterocycles. The van der Waals surface area contributed by atoms with Gasteiger partial charge in [0.15, 0.2) is 0 Å². The molecule has 2 rings (SSSR count). The van der Waals surface area contributed by atoms with Crippen LogP contribution in [0.1, 0.15) is 34.4 Å². The van der Waals surface area contributed by atoms with Gasteiger partial charge in [0.2, 0.25) is 0 Å². The Bertz CT molecular complexity index is 635. The van der Waals surface area contributed by atoms with Crippen molar-refractivity contribution in [3.8, 4) is 5.75 Å². The summed E-state index contributed by atoms with van der Waals surface area (Å²) in [6.45, 7) is 8.21. The summed E-state index contributed by atoms with van der Waals surface area (Å²) in [5.74, 6) is 0.423. The van der Waals surface area contributed by atoms with Crippen LogP contribution >= 0.6 is 21.2 Å². The van der Waals surface area contributed by atoms with Crippen molar-refractivity contribution in [3.63, 3.8) is 0 Å². The highest BCUT2D eigenvalue weighted by atomic mass is 32.1. The van der Waals surface area contributed by atoms with Crippen molar-refractivity contribution < 1.29 is 5.11 Å². The van der Waals surface area contributed by atoms with E-state index in [9.17, 15) is 5.11 Å². The van der Waals surface area contributed by atoms with Crippen molar-refractivity contribution in [3.05, 3.63) is 52.6 Å². The second-order valence-electron chi connectivity index (χ2n) is 5.37. The van der Waals surface area contributed by atoms with Gasteiger partial charge < -0.3 is 5.11 Å². The molecule has 0 bridgehead atoms. The van der Waals surface area contributed by atoms with E-state index in [2.05, 4.69) is 57.7 Å². The number of hydrogen-bond donors (Lipinski definition) is 2. The maximum atomic E-state index is 10.3. The second-order valence-corrected chi connectivity index (χ2v) is 7.47. The molecule has 2 atom stereocenters. The van der Waals surface area contributed by atoms with Crippen LogP contribution in [0.15, 0.2) is 30.3 Å². The quantitative estimate of drug-likeness (QED) is 0.650. The van der Waals surface area contributed by atoms with Crippen molar-refractivity contribution in [2.75, 3.05) is 0 Å². The van der Waals surface area contributed by atoms with E-state index in [1.165, 1.54) is 22.0 Å². The summed E-state index contributed by atoms with van der Waals surface area (Å²) >= 11 is 4.58. The maximum Gasteiger partial charge on any atom is 0.126 e. The first-order valence-corrected chi connectivity index (χ1v) is 8.26. The monoisotopic (exact) mass is 304 g/mol. The lowest BCUT2D eigenvalue weighted by Crippen LogP contribution is -2.11. The third kappa shape index (κ3) is 3.37. The van der Waals surface area contributed by atoms with Crippen molar-refractivity contribution >= 4 is 31.8 Å². The van der Waals surface area contributed by atoms with Crippen LogP contribution < -0.4 is 10.6 Å². The van der Waals surface area contributed by atoms with Gasteiger partial charge in [-0.15, -0.1) is 0 Å². The highest BCUT2D eigenvalue weighted by Gasteiger charge is 2.12. The minimum atomic E-state index is 0.199. The molecule has 1 N–H and O–H groups in total. The molecule has 2 aromatic carbocycles. The van der Waals surface area contributed by atoms with Crippen molar-refractivity contribution in [1.82, 2.24) is 0 Å². The fourth-order valence-corrected chi connectivity index (χ4v) is 4.18. The van der Waals surface area contributed by atoms with Gasteiger partial charge in [0.1, 0.15) is 5.75 Å². The summed E-state index contributed by atoms with van der Waals surface area (Å²) in [5.41, 5.74) is 4.64. The highest BCUT2D eigenvalue weighted by Crippen LogP contribution is 2.28. The predicted molar refractivity (Wildman–Crippen MR) is 93.7 cm³/mol. The minimum Gasteiger partial charge on any atom is -0.507 e. The number of phenols is 1. The van der Waals surface area contributed by atoms with Crippen molar-refractivity contribution in [2.45, 2.75) is 32.9 Å². The van der Waals surface area contributed by atoms with Gasteiger partial charge in [-0.3, -0.25) is 0 Å². The molecule has 3 heteroatoms. The van der Waals surface area contributed by atoms with Crippen molar-refractivity contribution in [2.24, 2.45) is 0 Å². The summed E-state index contributed by atoms with van der Waals surface area (Å²) in [6, 6.07) is 10.6. The largest absolute Gasteiger partial charge is 0.507 e. The predicted octanol–water partition coefficient (Wildman–Crippen LogP) is 3.94. The maximum absolute atomic E-state index is 10.3. The van der Waals surface area contributed by atoms with E-state index in [1.807, 2.05) is 13.0 Å². The Labute approximate surface area is 128 Å². The zero-order valence-corrected chi connectivity index (χ0v) is 14.3. The number of phenolic OH excluding ortho intramolecular Hbond substituents is 1. The molecule has 0 aliphatic carbocycles. The summed E-state index contributed by atoms with van der Waals surface area (Å²) in [6.07, 6.45) is 0. The van der Waals surface area contributed by atoms with E-state index in [1.54, 1.807) is 0 Å². The van der Waals surface area contributed by atoms with E-state index in [0.717, 1.165) is 10.9 Å². The SMILES string of the molecule is Cc1cc(C)c(O)c(Pc2ccc(C)cc2C(C)S)c1. The van der Waals surface area contributed by atoms with Gasteiger partial charge in [0.05, 0.1) is 0 Å². The van der Waals surface area contributed by atoms with Crippen LogP contribution in [0.5, 0.6) is 5.75 Å². The van der Waals surface area contributed by atoms with Crippen LogP contribution in [-0.2, 0) is 0 Å². The van der Waals surface area contributed by atoms with E-state index < -0.39 is 0 Å². The number of benzene rings is 2. The molecule has 0 aromatic heterocycles. The smallest absolute Gasteiger partial charge is 0.126 e. The number of thiol groups is 1.